The van der Waals surface area contributed by atoms with Crippen LogP contribution in [0.4, 0.5) is 0 Å². The number of nitrogens with two attached hydrogens (primary N) is 1. The molecule has 1 aromatic heterocycles. The Morgan fingerprint density at radius 1 is 1.74 bits per heavy atom. The smallest absolute Gasteiger partial charge is 0.0711 e. The van der Waals surface area contributed by atoms with Crippen molar-refractivity contribution >= 4 is 15.9 Å². The minimum absolute atomic E-state index is 0.0248. The van der Waals surface area contributed by atoms with Crippen molar-refractivity contribution in [1.82, 2.24) is 15.2 Å². The van der Waals surface area contributed by atoms with Gasteiger partial charge in [0.2, 0.25) is 0 Å². The molecule has 108 valence electrons. The van der Waals surface area contributed by atoms with Crippen LogP contribution in [0, 0.1) is 0 Å². The number of hydrogen-bond acceptors (Lipinski definition) is 5. The lowest BCUT2D eigenvalue weighted by molar-refractivity contribution is 0.0932. The number of nitrogens with zero attached hydrogens (tertiary/aromatic N) is 2. The molecule has 1 aliphatic heterocycles. The Bertz CT molecular complexity index is 393. The summed E-state index contributed by atoms with van der Waals surface area (Å²) in [5.41, 5.74) is 3.93. The van der Waals surface area contributed by atoms with Crippen LogP contribution in [0.25, 0.3) is 0 Å². The van der Waals surface area contributed by atoms with Crippen LogP contribution in [-0.2, 0) is 16.0 Å². The molecule has 1 aliphatic rings. The van der Waals surface area contributed by atoms with E-state index in [2.05, 4.69) is 26.5 Å². The molecule has 0 spiro atoms. The number of ether oxygens (including phenoxy) is 2. The first-order valence-electron chi connectivity index (χ1n) is 6.54. The molecular weight excluding hydrogens is 312 g/mol. The van der Waals surface area contributed by atoms with E-state index < -0.39 is 0 Å². The molecule has 7 heteroatoms. The molecule has 1 fully saturated rings. The van der Waals surface area contributed by atoms with Crippen molar-refractivity contribution in [3.05, 3.63) is 16.4 Å². The predicted molar refractivity (Wildman–Crippen MR) is 75.5 cm³/mol. The van der Waals surface area contributed by atoms with Crippen molar-refractivity contribution in [2.75, 3.05) is 20.3 Å². The normalized spacial score (nSPS) is 20.9. The number of methoxy groups -OCH3 is 1. The Balaban J connectivity index is 2.09. The first kappa shape index (κ1) is 14.9. The number of nitrogens with one attached hydrogen (secondary N) is 1. The molecule has 0 saturated carbocycles. The van der Waals surface area contributed by atoms with E-state index in [1.165, 1.54) is 0 Å². The largest absolute Gasteiger partial charge is 0.383 e. The quantitative estimate of drug-likeness (QED) is 0.582. The van der Waals surface area contributed by atoms with Gasteiger partial charge in [-0.3, -0.25) is 16.0 Å². The van der Waals surface area contributed by atoms with Crippen LogP contribution in [0.5, 0.6) is 0 Å². The van der Waals surface area contributed by atoms with Crippen LogP contribution in [0.3, 0.4) is 0 Å². The van der Waals surface area contributed by atoms with Gasteiger partial charge in [0.1, 0.15) is 0 Å². The zero-order chi connectivity index (χ0) is 13.7. The first-order valence-corrected chi connectivity index (χ1v) is 7.33. The summed E-state index contributed by atoms with van der Waals surface area (Å²) in [7, 11) is 1.68. The number of hydrazine groups is 1. The molecule has 3 N–H and O–H groups in total. The molecule has 1 saturated heterocycles. The molecule has 0 bridgehead atoms. The number of rotatable bonds is 7. The van der Waals surface area contributed by atoms with E-state index in [4.69, 9.17) is 15.3 Å². The molecule has 2 rings (SSSR count). The van der Waals surface area contributed by atoms with E-state index in [1.54, 1.807) is 13.3 Å². The maximum absolute atomic E-state index is 5.71. The van der Waals surface area contributed by atoms with Gasteiger partial charge in [0, 0.05) is 13.7 Å². The molecule has 19 heavy (non-hydrogen) atoms. The first-order chi connectivity index (χ1) is 9.26. The van der Waals surface area contributed by atoms with Gasteiger partial charge >= 0.3 is 0 Å². The second-order valence-electron chi connectivity index (χ2n) is 4.68. The van der Waals surface area contributed by atoms with Gasteiger partial charge in [-0.1, -0.05) is 0 Å². The van der Waals surface area contributed by atoms with Crippen LogP contribution >= 0.6 is 15.9 Å². The summed E-state index contributed by atoms with van der Waals surface area (Å²) in [6.07, 6.45) is 5.16. The summed E-state index contributed by atoms with van der Waals surface area (Å²) in [5, 5.41) is 4.35. The van der Waals surface area contributed by atoms with Gasteiger partial charge in [-0.2, -0.15) is 5.10 Å². The number of hydrogen-bond donors (Lipinski definition) is 2. The molecule has 0 aliphatic carbocycles. The molecule has 0 amide bonds. The zero-order valence-electron chi connectivity index (χ0n) is 11.1. The highest BCUT2D eigenvalue weighted by Gasteiger charge is 2.25. The van der Waals surface area contributed by atoms with E-state index in [-0.39, 0.29) is 12.1 Å². The summed E-state index contributed by atoms with van der Waals surface area (Å²) < 4.78 is 13.7. The van der Waals surface area contributed by atoms with Crippen molar-refractivity contribution in [3.8, 4) is 0 Å². The van der Waals surface area contributed by atoms with E-state index in [0.717, 1.165) is 36.0 Å². The molecular formula is C12H21BrN4O2. The van der Waals surface area contributed by atoms with Crippen LogP contribution in [-0.4, -0.2) is 36.2 Å². The topological polar surface area (TPSA) is 74.3 Å². The highest BCUT2D eigenvalue weighted by atomic mass is 79.9. The second kappa shape index (κ2) is 7.35. The lowest BCUT2D eigenvalue weighted by Gasteiger charge is -2.21. The van der Waals surface area contributed by atoms with Crippen LogP contribution in [0.15, 0.2) is 10.7 Å². The maximum atomic E-state index is 5.71. The van der Waals surface area contributed by atoms with Gasteiger partial charge < -0.3 is 9.47 Å². The van der Waals surface area contributed by atoms with Crippen LogP contribution in [0.2, 0.25) is 0 Å². The van der Waals surface area contributed by atoms with Crippen molar-refractivity contribution in [3.63, 3.8) is 0 Å². The Morgan fingerprint density at radius 2 is 2.58 bits per heavy atom. The Morgan fingerprint density at radius 3 is 3.21 bits per heavy atom. The number of halogens is 1. The number of aromatic nitrogens is 2. The van der Waals surface area contributed by atoms with Crippen LogP contribution in [0.1, 0.15) is 31.0 Å². The Kier molecular flexibility index (Phi) is 5.77. The van der Waals surface area contributed by atoms with Crippen molar-refractivity contribution in [2.45, 2.75) is 38.0 Å². The van der Waals surface area contributed by atoms with E-state index >= 15 is 0 Å². The lowest BCUT2D eigenvalue weighted by Crippen LogP contribution is -2.33. The third-order valence-electron chi connectivity index (χ3n) is 3.39. The fraction of sp³-hybridized carbons (Fsp3) is 0.750. The average molecular weight is 333 g/mol. The predicted octanol–water partition coefficient (Wildman–Crippen LogP) is 1.37. The molecule has 1 aromatic rings. The average Bonchev–Trinajstić information content (AvgIpc) is 3.04. The van der Waals surface area contributed by atoms with Crippen molar-refractivity contribution in [1.29, 1.82) is 0 Å². The lowest BCUT2D eigenvalue weighted by atomic mass is 10.0. The van der Waals surface area contributed by atoms with Gasteiger partial charge in [-0.05, 0) is 35.2 Å². The van der Waals surface area contributed by atoms with E-state index in [0.29, 0.717) is 13.2 Å². The minimum atomic E-state index is 0.0248. The Hall–Kier alpha value is -0.470. The highest BCUT2D eigenvalue weighted by Crippen LogP contribution is 2.29. The van der Waals surface area contributed by atoms with Gasteiger partial charge in [0.05, 0.1) is 41.7 Å². The van der Waals surface area contributed by atoms with Crippen LogP contribution < -0.4 is 11.3 Å². The molecule has 6 nitrogen and oxygen atoms in total. The minimum Gasteiger partial charge on any atom is -0.383 e. The van der Waals surface area contributed by atoms with Crippen molar-refractivity contribution < 1.29 is 9.47 Å². The molecule has 0 aromatic carbocycles. The zero-order valence-corrected chi connectivity index (χ0v) is 12.7. The second-order valence-corrected chi connectivity index (χ2v) is 5.54. The molecule has 2 unspecified atom stereocenters. The van der Waals surface area contributed by atoms with E-state index in [9.17, 15) is 0 Å². The molecule has 2 atom stereocenters. The summed E-state index contributed by atoms with van der Waals surface area (Å²) in [6, 6.07) is 0.0248. The third kappa shape index (κ3) is 3.76. The van der Waals surface area contributed by atoms with Gasteiger partial charge in [0.15, 0.2) is 0 Å². The third-order valence-corrected chi connectivity index (χ3v) is 4.01. The summed E-state index contributed by atoms with van der Waals surface area (Å²) in [4.78, 5) is 0. The maximum Gasteiger partial charge on any atom is 0.0711 e. The Labute approximate surface area is 121 Å². The standard InChI is InChI=1S/C12H21BrN4O2/c1-18-6-4-17-12(10(13)8-15-17)11(16-14)7-9-3-2-5-19-9/h8-9,11,16H,2-7,14H2,1H3. The summed E-state index contributed by atoms with van der Waals surface area (Å²) in [5.74, 6) is 5.71. The fourth-order valence-corrected chi connectivity index (χ4v) is 3.00. The summed E-state index contributed by atoms with van der Waals surface area (Å²) in [6.45, 7) is 2.19. The monoisotopic (exact) mass is 332 g/mol. The highest BCUT2D eigenvalue weighted by molar-refractivity contribution is 9.10. The fourth-order valence-electron chi connectivity index (χ4n) is 2.43. The molecule has 0 radical (unpaired) electrons. The molecule has 2 heterocycles. The van der Waals surface area contributed by atoms with Gasteiger partial charge in [0.25, 0.3) is 0 Å². The van der Waals surface area contributed by atoms with E-state index in [1.807, 2.05) is 4.68 Å². The van der Waals surface area contributed by atoms with Gasteiger partial charge in [-0.15, -0.1) is 0 Å². The summed E-state index contributed by atoms with van der Waals surface area (Å²) >= 11 is 3.54. The van der Waals surface area contributed by atoms with Crippen molar-refractivity contribution in [2.24, 2.45) is 5.84 Å². The van der Waals surface area contributed by atoms with Gasteiger partial charge in [-0.25, -0.2) is 0 Å². The SMILES string of the molecule is COCCn1ncc(Br)c1C(CC1CCCO1)NN.